The second-order valence-corrected chi connectivity index (χ2v) is 18.4. The van der Waals surface area contributed by atoms with Gasteiger partial charge in [0.1, 0.15) is 35.1 Å². The van der Waals surface area contributed by atoms with Crippen LogP contribution in [-0.2, 0) is 33.9 Å². The van der Waals surface area contributed by atoms with Gasteiger partial charge in [-0.3, -0.25) is 19.1 Å². The SMILES string of the molecule is C=CCC[C@@H](C)O[C@@H](C)C(NC(=O)OC(C)(C)C)C(=O)N1C[C@H](Oc2nccc3cc(OC)ccc23)C[C@H]1C(=O)N[C@]1(C(=O)NS(=O)(=O)C2(C)CC2)C[C@H]1C=C. The summed E-state index contributed by atoms with van der Waals surface area (Å²) >= 11 is 0. The summed E-state index contributed by atoms with van der Waals surface area (Å²) in [5.41, 5.74) is -2.49. The minimum absolute atomic E-state index is 0.0250. The lowest BCUT2D eigenvalue weighted by Gasteiger charge is -2.33. The van der Waals surface area contributed by atoms with E-state index in [1.54, 1.807) is 72.2 Å². The summed E-state index contributed by atoms with van der Waals surface area (Å²) in [5, 5.41) is 6.93. The molecule has 2 heterocycles. The molecule has 0 spiro atoms. The highest BCUT2D eigenvalue weighted by Gasteiger charge is 2.63. The van der Waals surface area contributed by atoms with E-state index in [2.05, 4.69) is 33.5 Å². The lowest BCUT2D eigenvalue weighted by molar-refractivity contribution is -0.144. The Morgan fingerprint density at radius 2 is 1.84 bits per heavy atom. The Labute approximate surface area is 329 Å². The average Bonchev–Trinajstić information content (AvgIpc) is 4.02. The Morgan fingerprint density at radius 1 is 1.12 bits per heavy atom. The monoisotopic (exact) mass is 797 g/mol. The van der Waals surface area contributed by atoms with Gasteiger partial charge in [0.15, 0.2) is 0 Å². The van der Waals surface area contributed by atoms with Gasteiger partial charge in [-0.1, -0.05) is 12.2 Å². The topological polar surface area (TPSA) is 192 Å². The predicted octanol–water partition coefficient (Wildman–Crippen LogP) is 4.30. The van der Waals surface area contributed by atoms with Crippen molar-refractivity contribution in [3.8, 4) is 11.6 Å². The number of rotatable bonds is 17. The van der Waals surface area contributed by atoms with E-state index in [4.69, 9.17) is 18.9 Å². The fourth-order valence-corrected chi connectivity index (χ4v) is 8.17. The van der Waals surface area contributed by atoms with E-state index in [-0.39, 0.29) is 31.4 Å². The maximum Gasteiger partial charge on any atom is 0.408 e. The molecule has 4 amide bonds. The summed E-state index contributed by atoms with van der Waals surface area (Å²) in [6.07, 6.45) is 4.17. The number of ether oxygens (including phenoxy) is 4. The molecule has 56 heavy (non-hydrogen) atoms. The van der Waals surface area contributed by atoms with Crippen molar-refractivity contribution >= 4 is 44.6 Å². The average molecular weight is 798 g/mol. The molecule has 0 bridgehead atoms. The summed E-state index contributed by atoms with van der Waals surface area (Å²) in [6, 6.07) is 4.67. The van der Waals surface area contributed by atoms with Crippen molar-refractivity contribution in [2.45, 2.75) is 126 Å². The van der Waals surface area contributed by atoms with Crippen molar-refractivity contribution in [1.29, 1.82) is 0 Å². The van der Waals surface area contributed by atoms with Gasteiger partial charge in [-0.05, 0) is 103 Å². The number of carbonyl (C=O) groups is 4. The summed E-state index contributed by atoms with van der Waals surface area (Å²) in [7, 11) is -2.46. The molecule has 1 saturated heterocycles. The van der Waals surface area contributed by atoms with Gasteiger partial charge in [0, 0.05) is 23.9 Å². The molecule has 1 aliphatic heterocycles. The fraction of sp³-hybridized carbons (Fsp3) is 0.575. The Hall–Kier alpha value is -4.70. The van der Waals surface area contributed by atoms with Crippen molar-refractivity contribution in [3.63, 3.8) is 0 Å². The van der Waals surface area contributed by atoms with E-state index in [1.165, 1.54) is 11.0 Å². The van der Waals surface area contributed by atoms with Gasteiger partial charge >= 0.3 is 6.09 Å². The molecule has 16 heteroatoms. The van der Waals surface area contributed by atoms with Crippen LogP contribution in [0.4, 0.5) is 4.79 Å². The van der Waals surface area contributed by atoms with Gasteiger partial charge < -0.3 is 34.5 Å². The number of carbonyl (C=O) groups excluding carboxylic acids is 4. The number of hydrogen-bond acceptors (Lipinski definition) is 11. The Bertz CT molecular complexity index is 1960. The molecule has 1 aromatic heterocycles. The van der Waals surface area contributed by atoms with E-state index >= 15 is 0 Å². The molecular formula is C40H55N5O10S. The molecule has 7 atom stereocenters. The van der Waals surface area contributed by atoms with Gasteiger partial charge in [0.05, 0.1) is 30.6 Å². The third-order valence-corrected chi connectivity index (χ3v) is 12.7. The van der Waals surface area contributed by atoms with Crippen molar-refractivity contribution in [2.75, 3.05) is 13.7 Å². The fourth-order valence-electron chi connectivity index (χ4n) is 6.86. The zero-order chi connectivity index (χ0) is 41.2. The quantitative estimate of drug-likeness (QED) is 0.194. The third-order valence-electron chi connectivity index (χ3n) is 10.6. The Morgan fingerprint density at radius 3 is 2.45 bits per heavy atom. The van der Waals surface area contributed by atoms with Crippen LogP contribution >= 0.6 is 0 Å². The molecule has 2 aliphatic carbocycles. The van der Waals surface area contributed by atoms with Crippen LogP contribution in [-0.4, -0.2) is 102 Å². The smallest absolute Gasteiger partial charge is 0.408 e. The zero-order valence-electron chi connectivity index (χ0n) is 33.3. The van der Waals surface area contributed by atoms with Gasteiger partial charge in [-0.15, -0.1) is 13.2 Å². The van der Waals surface area contributed by atoms with Gasteiger partial charge in [0.25, 0.3) is 5.91 Å². The number of nitrogens with one attached hydrogen (secondary N) is 3. The number of pyridine rings is 1. The van der Waals surface area contributed by atoms with Crippen LogP contribution in [0.15, 0.2) is 55.8 Å². The molecule has 15 nitrogen and oxygen atoms in total. The number of nitrogens with zero attached hydrogens (tertiary/aromatic N) is 2. The van der Waals surface area contributed by atoms with Crippen LogP contribution in [0.3, 0.4) is 0 Å². The molecule has 2 aromatic rings. The predicted molar refractivity (Wildman–Crippen MR) is 209 cm³/mol. The maximum atomic E-state index is 14.7. The van der Waals surface area contributed by atoms with Crippen molar-refractivity contribution in [3.05, 3.63) is 55.8 Å². The number of likely N-dealkylation sites (tertiary alicyclic amines) is 1. The lowest BCUT2D eigenvalue weighted by atomic mass is 10.1. The second kappa shape index (κ2) is 16.4. The van der Waals surface area contributed by atoms with E-state index in [9.17, 15) is 27.6 Å². The van der Waals surface area contributed by atoms with Crippen LogP contribution in [0, 0.1) is 5.92 Å². The van der Waals surface area contributed by atoms with Crippen LogP contribution in [0.1, 0.15) is 80.1 Å². The van der Waals surface area contributed by atoms with E-state index in [0.717, 1.165) is 5.39 Å². The van der Waals surface area contributed by atoms with E-state index in [0.29, 0.717) is 36.8 Å². The van der Waals surface area contributed by atoms with Crippen LogP contribution in [0.25, 0.3) is 10.8 Å². The number of sulfonamides is 1. The van der Waals surface area contributed by atoms with Gasteiger partial charge in [-0.25, -0.2) is 18.2 Å². The molecule has 3 aliphatic rings. The van der Waals surface area contributed by atoms with Crippen molar-refractivity contribution < 1.29 is 46.5 Å². The normalized spacial score (nSPS) is 24.2. The lowest BCUT2D eigenvalue weighted by Crippen LogP contribution is -2.60. The summed E-state index contributed by atoms with van der Waals surface area (Å²) in [6.45, 7) is 17.6. The molecule has 3 N–H and O–H groups in total. The van der Waals surface area contributed by atoms with Crippen molar-refractivity contribution in [1.82, 2.24) is 25.2 Å². The van der Waals surface area contributed by atoms with E-state index in [1.807, 2.05) is 13.0 Å². The zero-order valence-corrected chi connectivity index (χ0v) is 34.1. The second-order valence-electron chi connectivity index (χ2n) is 16.2. The molecule has 3 fully saturated rings. The van der Waals surface area contributed by atoms with Gasteiger partial charge in [0.2, 0.25) is 27.7 Å². The highest BCUT2D eigenvalue weighted by molar-refractivity contribution is 7.91. The Kier molecular flexibility index (Phi) is 12.4. The first-order valence-electron chi connectivity index (χ1n) is 18.9. The number of fused-ring (bicyclic) bond motifs is 1. The number of amides is 4. The number of aromatic nitrogens is 1. The van der Waals surface area contributed by atoms with E-state index < -0.39 is 79.9 Å². The third kappa shape index (κ3) is 9.45. The number of alkyl carbamates (subject to hydrolysis) is 1. The highest BCUT2D eigenvalue weighted by Crippen LogP contribution is 2.47. The highest BCUT2D eigenvalue weighted by atomic mass is 32.2. The molecule has 306 valence electrons. The first kappa shape index (κ1) is 42.4. The number of benzene rings is 1. The molecule has 5 rings (SSSR count). The van der Waals surface area contributed by atoms with Crippen LogP contribution in [0.2, 0.25) is 0 Å². The number of methoxy groups -OCH3 is 1. The largest absolute Gasteiger partial charge is 0.497 e. The first-order valence-corrected chi connectivity index (χ1v) is 20.4. The van der Waals surface area contributed by atoms with Gasteiger partial charge in [-0.2, -0.15) is 0 Å². The standard InChI is InChI=1S/C40H55N5O10S/c1-10-12-13-24(3)53-25(4)32(42-37(49)55-38(5,6)7)35(47)45-23-29(54-34-30-15-14-28(52-9)20-26(30)16-19-41-34)21-31(45)33(46)43-40(22-27(40)11-2)36(48)44-56(50,51)39(8)17-18-39/h10-11,14-16,19-20,24-25,27,29,31-32H,1-2,12-13,17-18,21-23H2,3-9H3,(H,42,49)(H,43,46)(H,44,48)/t24-,25+,27-,29-,31+,32?,40-/m1/s1. The first-order chi connectivity index (χ1) is 26.3. The maximum absolute atomic E-state index is 14.7. The minimum Gasteiger partial charge on any atom is -0.497 e. The summed E-state index contributed by atoms with van der Waals surface area (Å²) in [5.74, 6) is -1.89. The molecule has 2 saturated carbocycles. The molecule has 1 unspecified atom stereocenters. The molecule has 1 aromatic carbocycles. The van der Waals surface area contributed by atoms with Crippen LogP contribution in [0.5, 0.6) is 11.6 Å². The summed E-state index contributed by atoms with van der Waals surface area (Å²) in [4.78, 5) is 61.8. The number of allylic oxidation sites excluding steroid dienone is 1. The minimum atomic E-state index is -4.02. The van der Waals surface area contributed by atoms with Crippen LogP contribution < -0.4 is 24.8 Å². The Balaban J connectivity index is 1.47. The molecule has 0 radical (unpaired) electrons. The summed E-state index contributed by atoms with van der Waals surface area (Å²) < 4.78 is 50.7. The van der Waals surface area contributed by atoms with Crippen molar-refractivity contribution in [2.24, 2.45) is 5.92 Å². The number of hydrogen-bond donors (Lipinski definition) is 3. The molecular weight excluding hydrogens is 743 g/mol.